The van der Waals surface area contributed by atoms with Gasteiger partial charge in [0, 0.05) is 42.2 Å². The molecule has 0 unspecified atom stereocenters. The summed E-state index contributed by atoms with van der Waals surface area (Å²) in [5, 5.41) is 14.4. The van der Waals surface area contributed by atoms with Crippen LogP contribution in [0.3, 0.4) is 0 Å². The number of benzene rings is 1. The van der Waals surface area contributed by atoms with Crippen molar-refractivity contribution in [2.45, 2.75) is 59.4 Å². The van der Waals surface area contributed by atoms with Crippen LogP contribution in [0.2, 0.25) is 0 Å². The fraction of sp³-hybridized carbons (Fsp3) is 0.393. The molecule has 0 aliphatic rings. The lowest BCUT2D eigenvalue weighted by molar-refractivity contribution is 0.0937. The maximum Gasteiger partial charge on any atom is 0.292 e. The quantitative estimate of drug-likeness (QED) is 0.278. The molecule has 0 saturated carbocycles. The molecule has 9 heteroatoms. The lowest BCUT2D eigenvalue weighted by Crippen LogP contribution is -2.24. The second kappa shape index (κ2) is 11.4. The van der Waals surface area contributed by atoms with E-state index in [1.165, 1.54) is 0 Å². The number of aryl methyl sites for hydroxylation is 1. The summed E-state index contributed by atoms with van der Waals surface area (Å²) < 4.78 is 7.03. The third-order valence-corrected chi connectivity index (χ3v) is 5.82. The number of carbonyl (C=O) groups is 1. The van der Waals surface area contributed by atoms with Crippen LogP contribution in [0.25, 0.3) is 16.8 Å². The van der Waals surface area contributed by atoms with Gasteiger partial charge in [-0.1, -0.05) is 56.8 Å². The Bertz CT molecular complexity index is 1450. The summed E-state index contributed by atoms with van der Waals surface area (Å²) in [4.78, 5) is 21.3. The summed E-state index contributed by atoms with van der Waals surface area (Å²) in [7, 11) is 0. The second-order valence-electron chi connectivity index (χ2n) is 9.97. The Balaban J connectivity index is 1.46. The van der Waals surface area contributed by atoms with Gasteiger partial charge in [0.1, 0.15) is 6.33 Å². The van der Waals surface area contributed by atoms with Crippen LogP contribution in [-0.2, 0) is 12.0 Å². The Morgan fingerprint density at radius 2 is 2.03 bits per heavy atom. The van der Waals surface area contributed by atoms with Crippen LogP contribution in [0, 0.1) is 18.8 Å². The zero-order valence-electron chi connectivity index (χ0n) is 22.1. The molecule has 0 radical (unpaired) electrons. The lowest BCUT2D eigenvalue weighted by atomic mass is 9.97. The Morgan fingerprint density at radius 1 is 1.19 bits per heavy atom. The van der Waals surface area contributed by atoms with Crippen molar-refractivity contribution in [3.8, 4) is 23.1 Å². The molecule has 0 aliphatic heterocycles. The molecule has 192 valence electrons. The Kier molecular flexibility index (Phi) is 7.99. The van der Waals surface area contributed by atoms with Crippen LogP contribution in [-0.4, -0.2) is 43.7 Å². The second-order valence-corrected chi connectivity index (χ2v) is 9.97. The van der Waals surface area contributed by atoms with Crippen molar-refractivity contribution < 1.29 is 9.32 Å². The van der Waals surface area contributed by atoms with Crippen LogP contribution >= 0.6 is 0 Å². The monoisotopic (exact) mass is 499 g/mol. The number of hydrogen-bond donors (Lipinski definition) is 2. The molecule has 0 atom stereocenters. The number of rotatable bonds is 8. The molecule has 3 heterocycles. The largest absolute Gasteiger partial charge is 0.345 e. The topological polar surface area (TPSA) is 110 Å². The van der Waals surface area contributed by atoms with Gasteiger partial charge in [0.25, 0.3) is 11.7 Å². The van der Waals surface area contributed by atoms with Crippen molar-refractivity contribution >= 4 is 11.4 Å². The summed E-state index contributed by atoms with van der Waals surface area (Å²) in [6.07, 6.45) is 5.39. The lowest BCUT2D eigenvalue weighted by Gasteiger charge is -2.10. The number of aromatic nitrogens is 5. The molecule has 4 rings (SSSR count). The van der Waals surface area contributed by atoms with Gasteiger partial charge in [0.2, 0.25) is 5.89 Å². The minimum atomic E-state index is -0.372. The first-order chi connectivity index (χ1) is 17.8. The van der Waals surface area contributed by atoms with Crippen molar-refractivity contribution in [3.05, 3.63) is 65.2 Å². The maximum atomic E-state index is 12.5. The number of hydrogen-bond acceptors (Lipinski definition) is 7. The summed E-state index contributed by atoms with van der Waals surface area (Å²) >= 11 is 0. The molecule has 0 bridgehead atoms. The van der Waals surface area contributed by atoms with Crippen LogP contribution in [0.4, 0.5) is 0 Å². The van der Waals surface area contributed by atoms with E-state index in [9.17, 15) is 4.79 Å². The van der Waals surface area contributed by atoms with Gasteiger partial charge in [-0.05, 0) is 43.1 Å². The van der Waals surface area contributed by atoms with E-state index in [-0.39, 0.29) is 17.1 Å². The highest BCUT2D eigenvalue weighted by molar-refractivity contribution is 5.90. The summed E-state index contributed by atoms with van der Waals surface area (Å²) in [5.74, 6) is 6.53. The van der Waals surface area contributed by atoms with Crippen LogP contribution in [0.5, 0.6) is 0 Å². The highest BCUT2D eigenvalue weighted by atomic mass is 16.5. The minimum Gasteiger partial charge on any atom is -0.345 e. The molecular formula is C28H33N7O2. The molecule has 0 saturated heterocycles. The van der Waals surface area contributed by atoms with Gasteiger partial charge >= 0.3 is 0 Å². The Labute approximate surface area is 217 Å². The standard InChI is InChI=1S/C28H33N7O2/c1-6-12-29-13-8-7-9-20-15-23-24(31-18-32-35(23)17-20)21-10-11-22(19(2)14-21)16-30-26(36)25-33-27(37-34-25)28(3,4)5/h10-11,14-15,17-18,29H,6,8,12-13,16H2,1-5H3,(H,30,36). The first kappa shape index (κ1) is 26.0. The molecule has 9 nitrogen and oxygen atoms in total. The third kappa shape index (κ3) is 6.40. The molecule has 0 aliphatic carbocycles. The Hall–Kier alpha value is -4.03. The van der Waals surface area contributed by atoms with Crippen molar-refractivity contribution in [1.29, 1.82) is 0 Å². The van der Waals surface area contributed by atoms with Gasteiger partial charge in [-0.3, -0.25) is 4.79 Å². The zero-order chi connectivity index (χ0) is 26.4. The molecule has 4 aromatic rings. The van der Waals surface area contributed by atoms with Gasteiger partial charge in [0.05, 0.1) is 11.2 Å². The molecule has 1 amide bonds. The van der Waals surface area contributed by atoms with Gasteiger partial charge < -0.3 is 15.2 Å². The molecule has 0 spiro atoms. The van der Waals surface area contributed by atoms with E-state index in [1.807, 2.05) is 56.6 Å². The molecule has 2 N–H and O–H groups in total. The molecular weight excluding hydrogens is 466 g/mol. The molecule has 37 heavy (non-hydrogen) atoms. The number of fused-ring (bicyclic) bond motifs is 1. The van der Waals surface area contributed by atoms with Crippen molar-refractivity contribution in [3.63, 3.8) is 0 Å². The van der Waals surface area contributed by atoms with Gasteiger partial charge in [0.15, 0.2) is 0 Å². The number of nitrogens with one attached hydrogen (secondary N) is 2. The average molecular weight is 500 g/mol. The van der Waals surface area contributed by atoms with Crippen LogP contribution < -0.4 is 10.6 Å². The van der Waals surface area contributed by atoms with E-state index in [1.54, 1.807) is 6.33 Å². The SMILES string of the molecule is CCCNCCC#Cc1cc2c(-c3ccc(CNC(=O)c4noc(C(C)(C)C)n4)c(C)c3)ncnn2c1. The molecule has 0 fully saturated rings. The van der Waals surface area contributed by atoms with Crippen molar-refractivity contribution in [2.24, 2.45) is 0 Å². The highest BCUT2D eigenvalue weighted by Crippen LogP contribution is 2.25. The highest BCUT2D eigenvalue weighted by Gasteiger charge is 2.24. The smallest absolute Gasteiger partial charge is 0.292 e. The van der Waals surface area contributed by atoms with E-state index in [0.717, 1.165) is 59.4 Å². The van der Waals surface area contributed by atoms with Gasteiger partial charge in [-0.2, -0.15) is 10.1 Å². The maximum absolute atomic E-state index is 12.5. The van der Waals surface area contributed by atoms with E-state index < -0.39 is 0 Å². The average Bonchev–Trinajstić information content (AvgIpc) is 3.52. The predicted molar refractivity (Wildman–Crippen MR) is 142 cm³/mol. The summed E-state index contributed by atoms with van der Waals surface area (Å²) in [5.41, 5.74) is 5.29. The van der Waals surface area contributed by atoms with E-state index in [4.69, 9.17) is 4.52 Å². The van der Waals surface area contributed by atoms with Crippen LogP contribution in [0.15, 0.2) is 41.3 Å². The molecule has 1 aromatic carbocycles. The minimum absolute atomic E-state index is 0.0342. The third-order valence-electron chi connectivity index (χ3n) is 5.82. The first-order valence-corrected chi connectivity index (χ1v) is 12.5. The normalized spacial score (nSPS) is 11.4. The predicted octanol–water partition coefficient (Wildman–Crippen LogP) is 4.06. The van der Waals surface area contributed by atoms with Crippen molar-refractivity contribution in [1.82, 2.24) is 35.4 Å². The number of carbonyl (C=O) groups excluding carboxylic acids is 1. The fourth-order valence-corrected chi connectivity index (χ4v) is 3.75. The first-order valence-electron chi connectivity index (χ1n) is 12.5. The summed E-state index contributed by atoms with van der Waals surface area (Å²) in [6.45, 7) is 12.3. The number of amides is 1. The van der Waals surface area contributed by atoms with E-state index in [2.05, 4.69) is 55.7 Å². The number of nitrogens with zero attached hydrogens (tertiary/aromatic N) is 5. The van der Waals surface area contributed by atoms with Gasteiger partial charge in [-0.25, -0.2) is 9.50 Å². The zero-order valence-corrected chi connectivity index (χ0v) is 22.1. The van der Waals surface area contributed by atoms with E-state index in [0.29, 0.717) is 12.4 Å². The summed E-state index contributed by atoms with van der Waals surface area (Å²) in [6, 6.07) is 8.07. The van der Waals surface area contributed by atoms with Crippen molar-refractivity contribution in [2.75, 3.05) is 13.1 Å². The van der Waals surface area contributed by atoms with E-state index >= 15 is 0 Å². The molecule has 3 aromatic heterocycles. The van der Waals surface area contributed by atoms with Crippen LogP contribution in [0.1, 0.15) is 73.7 Å². The fourth-order valence-electron chi connectivity index (χ4n) is 3.75. The Morgan fingerprint density at radius 3 is 2.76 bits per heavy atom. The van der Waals surface area contributed by atoms with Gasteiger partial charge in [-0.15, -0.1) is 0 Å².